The summed E-state index contributed by atoms with van der Waals surface area (Å²) in [4.78, 5) is 23.3. The van der Waals surface area contributed by atoms with Gasteiger partial charge in [0, 0.05) is 18.2 Å². The molecule has 0 fully saturated rings. The summed E-state index contributed by atoms with van der Waals surface area (Å²) < 4.78 is 20.1. The second-order valence-corrected chi connectivity index (χ2v) is 5.84. The van der Waals surface area contributed by atoms with Gasteiger partial charge >= 0.3 is 5.97 Å². The highest BCUT2D eigenvalue weighted by atomic mass is 19.1. The number of aromatic amines is 1. The van der Waals surface area contributed by atoms with Crippen LogP contribution in [0.1, 0.15) is 27.2 Å². The number of aromatic carboxylic acids is 1. The number of hydrogen-bond acceptors (Lipinski definition) is 4. The van der Waals surface area contributed by atoms with Crippen molar-refractivity contribution < 1.29 is 19.0 Å². The number of halogens is 1. The highest BCUT2D eigenvalue weighted by Gasteiger charge is 2.27. The predicted octanol–water partition coefficient (Wildman–Crippen LogP) is 2.29. The minimum Gasteiger partial charge on any atom is -0.492 e. The summed E-state index contributed by atoms with van der Waals surface area (Å²) in [6, 6.07) is 8.51. The second kappa shape index (κ2) is 5.70. The van der Waals surface area contributed by atoms with E-state index in [0.29, 0.717) is 35.1 Å². The molecule has 7 heteroatoms. The Hall–Kier alpha value is -3.22. The number of H-pyrrole nitrogens is 1. The van der Waals surface area contributed by atoms with Gasteiger partial charge < -0.3 is 9.84 Å². The van der Waals surface area contributed by atoms with E-state index in [9.17, 15) is 19.1 Å². The zero-order valence-electron chi connectivity index (χ0n) is 13.0. The quantitative estimate of drug-likeness (QED) is 0.763. The Labute approximate surface area is 140 Å². The number of nitrogens with zero attached hydrogens (tertiary/aromatic N) is 1. The number of carbonyl (C=O) groups is 1. The van der Waals surface area contributed by atoms with Crippen molar-refractivity contribution in [1.82, 2.24) is 10.2 Å². The fraction of sp³-hybridized carbons (Fsp3) is 0.167. The lowest BCUT2D eigenvalue weighted by Gasteiger charge is -2.11. The standard InChI is InChI=1S/C18H13FN2O4/c19-15-10(7-9-5-6-25-16(9)14(15)18(23)24)8-13-11-3-1-2-4-12(11)17(22)21-20-13/h1-4,7H,5-6,8H2,(H,21,22)(H,23,24). The molecule has 25 heavy (non-hydrogen) atoms. The summed E-state index contributed by atoms with van der Waals surface area (Å²) >= 11 is 0. The van der Waals surface area contributed by atoms with Gasteiger partial charge in [-0.3, -0.25) is 4.79 Å². The van der Waals surface area contributed by atoms with Crippen LogP contribution in [0.4, 0.5) is 4.39 Å². The lowest BCUT2D eigenvalue weighted by Crippen LogP contribution is -2.12. The van der Waals surface area contributed by atoms with Crippen molar-refractivity contribution in [3.63, 3.8) is 0 Å². The summed E-state index contributed by atoms with van der Waals surface area (Å²) in [6.07, 6.45) is 0.597. The molecule has 0 atom stereocenters. The van der Waals surface area contributed by atoms with Gasteiger partial charge in [0.25, 0.3) is 5.56 Å². The molecule has 0 radical (unpaired) electrons. The molecule has 1 aliphatic heterocycles. The van der Waals surface area contributed by atoms with Crippen molar-refractivity contribution in [2.24, 2.45) is 0 Å². The van der Waals surface area contributed by atoms with Gasteiger partial charge in [0.1, 0.15) is 17.1 Å². The van der Waals surface area contributed by atoms with Crippen LogP contribution in [-0.2, 0) is 12.8 Å². The third-order valence-corrected chi connectivity index (χ3v) is 4.33. The third kappa shape index (κ3) is 2.44. The molecule has 0 saturated carbocycles. The number of rotatable bonds is 3. The van der Waals surface area contributed by atoms with E-state index in [1.807, 2.05) is 0 Å². The van der Waals surface area contributed by atoms with Crippen LogP contribution in [0.15, 0.2) is 35.1 Å². The summed E-state index contributed by atoms with van der Waals surface area (Å²) in [5, 5.41) is 16.8. The largest absolute Gasteiger partial charge is 0.492 e. The normalized spacial score (nSPS) is 12.8. The van der Waals surface area contributed by atoms with Crippen LogP contribution in [0.2, 0.25) is 0 Å². The van der Waals surface area contributed by atoms with E-state index in [-0.39, 0.29) is 23.3 Å². The highest BCUT2D eigenvalue weighted by Crippen LogP contribution is 2.34. The minimum atomic E-state index is -1.36. The van der Waals surface area contributed by atoms with Crippen molar-refractivity contribution in [2.45, 2.75) is 12.8 Å². The molecule has 1 aliphatic rings. The molecule has 0 amide bonds. The molecule has 4 rings (SSSR count). The Morgan fingerprint density at radius 2 is 2.08 bits per heavy atom. The number of fused-ring (bicyclic) bond motifs is 2. The monoisotopic (exact) mass is 340 g/mol. The molecule has 2 aromatic carbocycles. The number of carboxylic acids is 1. The first-order chi connectivity index (χ1) is 12.1. The Morgan fingerprint density at radius 3 is 2.84 bits per heavy atom. The van der Waals surface area contributed by atoms with Gasteiger partial charge in [-0.25, -0.2) is 14.3 Å². The van der Waals surface area contributed by atoms with Crippen LogP contribution >= 0.6 is 0 Å². The molecule has 126 valence electrons. The molecule has 0 saturated heterocycles. The molecule has 6 nitrogen and oxygen atoms in total. The van der Waals surface area contributed by atoms with Gasteiger partial charge in [0.2, 0.25) is 0 Å². The fourth-order valence-corrected chi connectivity index (χ4v) is 3.18. The highest BCUT2D eigenvalue weighted by molar-refractivity contribution is 5.92. The molecule has 1 aromatic heterocycles. The zero-order valence-corrected chi connectivity index (χ0v) is 13.0. The van der Waals surface area contributed by atoms with Gasteiger partial charge in [0.05, 0.1) is 17.7 Å². The molecule has 0 bridgehead atoms. The van der Waals surface area contributed by atoms with Crippen LogP contribution in [0.5, 0.6) is 5.75 Å². The van der Waals surface area contributed by atoms with Crippen molar-refractivity contribution in [2.75, 3.05) is 6.61 Å². The first kappa shape index (κ1) is 15.3. The molecule has 2 heterocycles. The third-order valence-electron chi connectivity index (χ3n) is 4.33. The second-order valence-electron chi connectivity index (χ2n) is 5.84. The minimum absolute atomic E-state index is 0.0662. The molecule has 0 spiro atoms. The van der Waals surface area contributed by atoms with Crippen LogP contribution in [0.3, 0.4) is 0 Å². The lowest BCUT2D eigenvalue weighted by atomic mass is 9.97. The van der Waals surface area contributed by atoms with E-state index >= 15 is 0 Å². The van der Waals surface area contributed by atoms with Gasteiger partial charge in [-0.2, -0.15) is 5.10 Å². The van der Waals surface area contributed by atoms with E-state index in [4.69, 9.17) is 4.74 Å². The number of hydrogen-bond donors (Lipinski definition) is 2. The Bertz CT molecular complexity index is 1070. The fourth-order valence-electron chi connectivity index (χ4n) is 3.18. The Kier molecular flexibility index (Phi) is 3.49. The number of ether oxygens (including phenoxy) is 1. The predicted molar refractivity (Wildman–Crippen MR) is 87.7 cm³/mol. The van der Waals surface area contributed by atoms with Crippen molar-refractivity contribution >= 4 is 16.7 Å². The van der Waals surface area contributed by atoms with E-state index in [2.05, 4.69) is 10.2 Å². The number of benzene rings is 2. The van der Waals surface area contributed by atoms with Gasteiger partial charge in [0.15, 0.2) is 0 Å². The molecule has 2 N–H and O–H groups in total. The van der Waals surface area contributed by atoms with Crippen molar-refractivity contribution in [3.8, 4) is 5.75 Å². The van der Waals surface area contributed by atoms with Crippen molar-refractivity contribution in [3.05, 3.63) is 68.9 Å². The van der Waals surface area contributed by atoms with Crippen LogP contribution in [-0.4, -0.2) is 27.9 Å². The number of aromatic nitrogens is 2. The maximum absolute atomic E-state index is 14.8. The average Bonchev–Trinajstić information content (AvgIpc) is 3.05. The van der Waals surface area contributed by atoms with Crippen LogP contribution in [0, 0.1) is 5.82 Å². The van der Waals surface area contributed by atoms with E-state index in [1.54, 1.807) is 30.3 Å². The smallest absolute Gasteiger partial charge is 0.342 e. The van der Waals surface area contributed by atoms with Crippen molar-refractivity contribution in [1.29, 1.82) is 0 Å². The van der Waals surface area contributed by atoms with Gasteiger partial charge in [-0.05, 0) is 23.3 Å². The summed E-state index contributed by atoms with van der Waals surface area (Å²) in [7, 11) is 0. The summed E-state index contributed by atoms with van der Waals surface area (Å²) in [6.45, 7) is 0.332. The Morgan fingerprint density at radius 1 is 1.32 bits per heavy atom. The number of nitrogens with one attached hydrogen (secondary N) is 1. The maximum atomic E-state index is 14.8. The molecular formula is C18H13FN2O4. The molecule has 0 aliphatic carbocycles. The molecular weight excluding hydrogens is 327 g/mol. The van der Waals surface area contributed by atoms with E-state index in [0.717, 1.165) is 0 Å². The topological polar surface area (TPSA) is 92.3 Å². The summed E-state index contributed by atoms with van der Waals surface area (Å²) in [5.41, 5.74) is 0.588. The lowest BCUT2D eigenvalue weighted by molar-refractivity contribution is 0.0687. The van der Waals surface area contributed by atoms with Crippen LogP contribution < -0.4 is 10.3 Å². The molecule has 3 aromatic rings. The average molecular weight is 340 g/mol. The number of carboxylic acid groups (broad SMARTS) is 1. The Balaban J connectivity index is 1.88. The first-order valence-electron chi connectivity index (χ1n) is 7.73. The van der Waals surface area contributed by atoms with E-state index < -0.39 is 17.3 Å². The van der Waals surface area contributed by atoms with Crippen LogP contribution in [0.25, 0.3) is 10.8 Å². The van der Waals surface area contributed by atoms with E-state index in [1.165, 1.54) is 0 Å². The SMILES string of the molecule is O=C(O)c1c(F)c(Cc2n[nH]c(=O)c3ccccc23)cc2c1OCC2. The summed E-state index contributed by atoms with van der Waals surface area (Å²) in [5.74, 6) is -2.09. The first-order valence-corrected chi connectivity index (χ1v) is 7.73. The molecule has 0 unspecified atom stereocenters. The maximum Gasteiger partial charge on any atom is 0.342 e. The zero-order chi connectivity index (χ0) is 17.6. The van der Waals surface area contributed by atoms with Gasteiger partial charge in [-0.15, -0.1) is 0 Å². The van der Waals surface area contributed by atoms with Gasteiger partial charge in [-0.1, -0.05) is 18.2 Å².